The van der Waals surface area contributed by atoms with Crippen molar-refractivity contribution in [1.82, 2.24) is 0 Å². The number of hydrogen-bond acceptors (Lipinski definition) is 1. The molecule has 0 saturated carbocycles. The van der Waals surface area contributed by atoms with Crippen LogP contribution in [-0.4, -0.2) is 6.54 Å². The van der Waals surface area contributed by atoms with Crippen molar-refractivity contribution in [3.63, 3.8) is 0 Å². The lowest BCUT2D eigenvalue weighted by Gasteiger charge is -2.16. The van der Waals surface area contributed by atoms with Crippen molar-refractivity contribution in [2.75, 3.05) is 11.9 Å². The van der Waals surface area contributed by atoms with E-state index in [1.54, 1.807) is 12.1 Å². The predicted molar refractivity (Wildman–Crippen MR) is 113 cm³/mol. The third kappa shape index (κ3) is 8.11. The largest absolute Gasteiger partial charge is 0.417 e. The summed E-state index contributed by atoms with van der Waals surface area (Å²) in [6, 6.07) is 7.55. The van der Waals surface area contributed by atoms with E-state index in [1.807, 2.05) is 0 Å². The normalized spacial score (nSPS) is 12.2. The number of unbranched alkanes of at least 4 members (excludes halogenated alkanes) is 7. The van der Waals surface area contributed by atoms with Gasteiger partial charge in [0.25, 0.3) is 0 Å². The van der Waals surface area contributed by atoms with Crippen molar-refractivity contribution in [2.24, 2.45) is 0 Å². The van der Waals surface area contributed by atoms with E-state index in [1.165, 1.54) is 50.7 Å². The van der Waals surface area contributed by atoms with Crippen molar-refractivity contribution >= 4 is 5.69 Å². The number of rotatable bonds is 11. The van der Waals surface area contributed by atoms with Crippen molar-refractivity contribution in [3.05, 3.63) is 53.6 Å². The lowest BCUT2D eigenvalue weighted by Crippen LogP contribution is -2.11. The minimum atomic E-state index is -4.74. The molecule has 0 spiro atoms. The van der Waals surface area contributed by atoms with Gasteiger partial charge in [-0.2, -0.15) is 26.3 Å². The van der Waals surface area contributed by atoms with E-state index < -0.39 is 29.0 Å². The van der Waals surface area contributed by atoms with Crippen LogP contribution in [0.25, 0.3) is 11.1 Å². The SMILES string of the molecule is CCCCCCCCCCNc1ccc(-c2cc(C(F)(F)F)ccc2C(F)(F)F)cc1. The average Bonchev–Trinajstić information content (AvgIpc) is 2.71. The zero-order chi connectivity index (χ0) is 22.9. The standard InChI is InChI=1S/C24H29F6N/c1-2-3-4-5-6-7-8-9-16-31-20-13-10-18(11-14-20)21-17-19(23(25,26)27)12-15-22(21)24(28,29)30/h10-15,17,31H,2-9,16H2,1H3. The Labute approximate surface area is 179 Å². The minimum absolute atomic E-state index is 0.0936. The zero-order valence-electron chi connectivity index (χ0n) is 17.7. The quantitative estimate of drug-likeness (QED) is 0.269. The van der Waals surface area contributed by atoms with Crippen LogP contribution in [0.4, 0.5) is 32.0 Å². The van der Waals surface area contributed by atoms with E-state index in [0.717, 1.165) is 25.1 Å². The fraction of sp³-hybridized carbons (Fsp3) is 0.500. The molecule has 0 radical (unpaired) electrons. The maximum atomic E-state index is 13.3. The van der Waals surface area contributed by atoms with E-state index in [0.29, 0.717) is 18.2 Å². The molecule has 7 heteroatoms. The van der Waals surface area contributed by atoms with Crippen LogP contribution in [0.2, 0.25) is 0 Å². The molecular formula is C24H29F6N. The third-order valence-corrected chi connectivity index (χ3v) is 5.21. The van der Waals surface area contributed by atoms with Crippen LogP contribution < -0.4 is 5.32 Å². The van der Waals surface area contributed by atoms with Crippen LogP contribution in [0, 0.1) is 0 Å². The monoisotopic (exact) mass is 445 g/mol. The zero-order valence-corrected chi connectivity index (χ0v) is 17.7. The molecule has 0 fully saturated rings. The summed E-state index contributed by atoms with van der Waals surface area (Å²) in [7, 11) is 0. The van der Waals surface area contributed by atoms with Crippen LogP contribution in [-0.2, 0) is 12.4 Å². The van der Waals surface area contributed by atoms with Gasteiger partial charge in [0.15, 0.2) is 0 Å². The summed E-state index contributed by atoms with van der Waals surface area (Å²) in [6.07, 6.45) is 0.103. The maximum absolute atomic E-state index is 13.3. The topological polar surface area (TPSA) is 12.0 Å². The van der Waals surface area contributed by atoms with E-state index in [4.69, 9.17) is 0 Å². The fourth-order valence-electron chi connectivity index (χ4n) is 3.47. The second-order valence-electron chi connectivity index (χ2n) is 7.73. The van der Waals surface area contributed by atoms with Gasteiger partial charge in [-0.25, -0.2) is 0 Å². The molecule has 0 aliphatic carbocycles. The summed E-state index contributed by atoms with van der Waals surface area (Å²) in [5, 5.41) is 3.21. The van der Waals surface area contributed by atoms with Gasteiger partial charge in [0.05, 0.1) is 11.1 Å². The highest BCUT2D eigenvalue weighted by molar-refractivity contribution is 5.71. The molecule has 0 atom stereocenters. The first-order valence-corrected chi connectivity index (χ1v) is 10.8. The summed E-state index contributed by atoms with van der Waals surface area (Å²) in [6.45, 7) is 2.93. The Hall–Kier alpha value is -2.18. The van der Waals surface area contributed by atoms with Gasteiger partial charge >= 0.3 is 12.4 Å². The molecule has 0 heterocycles. The first kappa shape index (κ1) is 25.1. The first-order valence-electron chi connectivity index (χ1n) is 10.8. The van der Waals surface area contributed by atoms with Crippen molar-refractivity contribution in [3.8, 4) is 11.1 Å². The Bertz CT molecular complexity index is 793. The molecule has 0 aromatic heterocycles. The minimum Gasteiger partial charge on any atom is -0.385 e. The molecule has 31 heavy (non-hydrogen) atoms. The van der Waals surface area contributed by atoms with E-state index in [9.17, 15) is 26.3 Å². The Balaban J connectivity index is 1.97. The Kier molecular flexibility index (Phi) is 9.26. The Morgan fingerprint density at radius 1 is 0.677 bits per heavy atom. The van der Waals surface area contributed by atoms with E-state index >= 15 is 0 Å². The molecule has 0 unspecified atom stereocenters. The highest BCUT2D eigenvalue weighted by Gasteiger charge is 2.37. The van der Waals surface area contributed by atoms with Crippen LogP contribution in [0.1, 0.15) is 69.4 Å². The van der Waals surface area contributed by atoms with Gasteiger partial charge in [-0.3, -0.25) is 0 Å². The van der Waals surface area contributed by atoms with Crippen LogP contribution in [0.3, 0.4) is 0 Å². The van der Waals surface area contributed by atoms with Crippen LogP contribution in [0.15, 0.2) is 42.5 Å². The number of nitrogens with one attached hydrogen (secondary N) is 1. The van der Waals surface area contributed by atoms with E-state index in [2.05, 4.69) is 12.2 Å². The van der Waals surface area contributed by atoms with Gasteiger partial charge in [-0.05, 0) is 47.9 Å². The summed E-state index contributed by atoms with van der Waals surface area (Å²) in [5.74, 6) is 0. The van der Waals surface area contributed by atoms with Crippen molar-refractivity contribution in [2.45, 2.75) is 70.6 Å². The Morgan fingerprint density at radius 2 is 1.26 bits per heavy atom. The summed E-state index contributed by atoms with van der Waals surface area (Å²) in [5.41, 5.74) is -1.84. The molecule has 2 aromatic rings. The molecule has 0 saturated heterocycles. The Morgan fingerprint density at radius 3 is 1.81 bits per heavy atom. The van der Waals surface area contributed by atoms with Gasteiger partial charge in [0.1, 0.15) is 0 Å². The van der Waals surface area contributed by atoms with Crippen molar-refractivity contribution in [1.29, 1.82) is 0 Å². The van der Waals surface area contributed by atoms with Gasteiger partial charge in [0.2, 0.25) is 0 Å². The smallest absolute Gasteiger partial charge is 0.385 e. The lowest BCUT2D eigenvalue weighted by atomic mass is 9.96. The fourth-order valence-corrected chi connectivity index (χ4v) is 3.47. The molecule has 0 aliphatic rings. The molecular weight excluding hydrogens is 416 g/mol. The predicted octanol–water partition coefficient (Wildman–Crippen LogP) is 8.94. The number of benzene rings is 2. The van der Waals surface area contributed by atoms with E-state index in [-0.39, 0.29) is 5.56 Å². The van der Waals surface area contributed by atoms with Crippen molar-refractivity contribution < 1.29 is 26.3 Å². The molecule has 2 aromatic carbocycles. The number of anilines is 1. The summed E-state index contributed by atoms with van der Waals surface area (Å²) < 4.78 is 78.9. The van der Waals surface area contributed by atoms with Gasteiger partial charge in [-0.15, -0.1) is 0 Å². The number of alkyl halides is 6. The number of hydrogen-bond donors (Lipinski definition) is 1. The molecule has 1 N–H and O–H groups in total. The first-order chi connectivity index (χ1) is 14.6. The lowest BCUT2D eigenvalue weighted by molar-refractivity contribution is -0.141. The molecule has 2 rings (SSSR count). The van der Waals surface area contributed by atoms with Gasteiger partial charge in [-0.1, -0.05) is 64.0 Å². The summed E-state index contributed by atoms with van der Waals surface area (Å²) in [4.78, 5) is 0. The average molecular weight is 445 g/mol. The molecule has 1 nitrogen and oxygen atoms in total. The van der Waals surface area contributed by atoms with Crippen LogP contribution >= 0.6 is 0 Å². The molecule has 0 bridgehead atoms. The number of halogens is 6. The molecule has 0 aliphatic heterocycles. The maximum Gasteiger partial charge on any atom is 0.417 e. The molecule has 0 amide bonds. The van der Waals surface area contributed by atoms with Crippen LogP contribution in [0.5, 0.6) is 0 Å². The van der Waals surface area contributed by atoms with Gasteiger partial charge in [0, 0.05) is 12.2 Å². The second kappa shape index (κ2) is 11.4. The second-order valence-corrected chi connectivity index (χ2v) is 7.73. The summed E-state index contributed by atoms with van der Waals surface area (Å²) >= 11 is 0. The van der Waals surface area contributed by atoms with Gasteiger partial charge < -0.3 is 5.32 Å². The highest BCUT2D eigenvalue weighted by Crippen LogP contribution is 2.40. The third-order valence-electron chi connectivity index (χ3n) is 5.21. The molecule has 172 valence electrons. The highest BCUT2D eigenvalue weighted by atomic mass is 19.4.